The standard InChI is InChI=1S/C8H13N5O4/c1-15-7-11-6(12-8(13-7)16-2)10-3-4-17-5(9)14/h3-4H2,1-2H3,(H2,9,14)(H,10,11,12,13). The Hall–Kier alpha value is -2.32. The average molecular weight is 243 g/mol. The van der Waals surface area contributed by atoms with Crippen molar-refractivity contribution in [2.24, 2.45) is 5.73 Å². The number of hydrogen-bond acceptors (Lipinski definition) is 8. The van der Waals surface area contributed by atoms with Gasteiger partial charge in [-0.2, -0.15) is 9.97 Å². The van der Waals surface area contributed by atoms with Crippen LogP contribution in [0.5, 0.6) is 12.0 Å². The Morgan fingerprint density at radius 2 is 1.82 bits per heavy atom. The van der Waals surface area contributed by atoms with Crippen LogP contribution in [0.4, 0.5) is 10.7 Å². The van der Waals surface area contributed by atoms with Crippen LogP contribution in [0.3, 0.4) is 0 Å². The molecule has 1 aromatic heterocycles. The van der Waals surface area contributed by atoms with Crippen LogP contribution >= 0.6 is 0 Å². The summed E-state index contributed by atoms with van der Waals surface area (Å²) in [6.07, 6.45) is -0.836. The van der Waals surface area contributed by atoms with E-state index in [1.54, 1.807) is 0 Å². The Kier molecular flexibility index (Phi) is 4.73. The number of carbonyl (C=O) groups excluding carboxylic acids is 1. The van der Waals surface area contributed by atoms with Gasteiger partial charge in [0.25, 0.3) is 0 Å². The number of aromatic nitrogens is 3. The van der Waals surface area contributed by atoms with Crippen molar-refractivity contribution < 1.29 is 19.0 Å². The molecule has 0 aromatic carbocycles. The van der Waals surface area contributed by atoms with Crippen LogP contribution in [0, 0.1) is 0 Å². The Morgan fingerprint density at radius 3 is 2.29 bits per heavy atom. The topological polar surface area (TPSA) is 121 Å². The molecule has 0 unspecified atom stereocenters. The molecule has 9 heteroatoms. The van der Waals surface area contributed by atoms with E-state index in [2.05, 4.69) is 25.0 Å². The van der Waals surface area contributed by atoms with Crippen molar-refractivity contribution in [2.45, 2.75) is 0 Å². The van der Waals surface area contributed by atoms with Gasteiger partial charge < -0.3 is 25.3 Å². The number of nitrogens with zero attached hydrogens (tertiary/aromatic N) is 3. The van der Waals surface area contributed by atoms with Crippen molar-refractivity contribution in [3.63, 3.8) is 0 Å². The number of ether oxygens (including phenoxy) is 3. The van der Waals surface area contributed by atoms with E-state index in [1.165, 1.54) is 14.2 Å². The van der Waals surface area contributed by atoms with E-state index >= 15 is 0 Å². The maximum atomic E-state index is 10.3. The quantitative estimate of drug-likeness (QED) is 0.635. The van der Waals surface area contributed by atoms with Gasteiger partial charge in [0.1, 0.15) is 6.61 Å². The number of anilines is 1. The van der Waals surface area contributed by atoms with Gasteiger partial charge in [-0.05, 0) is 0 Å². The predicted octanol–water partition coefficient (Wildman–Crippen LogP) is -0.604. The number of amides is 1. The van der Waals surface area contributed by atoms with Gasteiger partial charge in [-0.1, -0.05) is 0 Å². The third-order valence-corrected chi connectivity index (χ3v) is 1.59. The van der Waals surface area contributed by atoms with E-state index in [0.29, 0.717) is 6.54 Å². The number of primary amides is 1. The summed E-state index contributed by atoms with van der Waals surface area (Å²) in [6, 6.07) is 0.241. The van der Waals surface area contributed by atoms with Crippen molar-refractivity contribution in [2.75, 3.05) is 32.7 Å². The lowest BCUT2D eigenvalue weighted by Gasteiger charge is -2.07. The highest BCUT2D eigenvalue weighted by Crippen LogP contribution is 2.11. The summed E-state index contributed by atoms with van der Waals surface area (Å²) in [4.78, 5) is 21.9. The SMILES string of the molecule is COc1nc(NCCOC(N)=O)nc(OC)n1. The van der Waals surface area contributed by atoms with Crippen LogP contribution in [-0.4, -0.2) is 48.4 Å². The third kappa shape index (κ3) is 4.36. The highest BCUT2D eigenvalue weighted by Gasteiger charge is 2.06. The molecule has 1 aromatic rings. The summed E-state index contributed by atoms with van der Waals surface area (Å²) in [7, 11) is 2.85. The van der Waals surface area contributed by atoms with E-state index in [1.807, 2.05) is 0 Å². The number of nitrogens with two attached hydrogens (primary N) is 1. The molecule has 17 heavy (non-hydrogen) atoms. The Balaban J connectivity index is 2.54. The second-order valence-corrected chi connectivity index (χ2v) is 2.73. The summed E-state index contributed by atoms with van der Waals surface area (Å²) in [5, 5.41) is 2.79. The molecule has 0 spiro atoms. The summed E-state index contributed by atoms with van der Waals surface area (Å²) < 4.78 is 14.2. The minimum absolute atomic E-state index is 0.103. The number of nitrogens with one attached hydrogen (secondary N) is 1. The van der Waals surface area contributed by atoms with E-state index in [-0.39, 0.29) is 24.6 Å². The number of methoxy groups -OCH3 is 2. The molecule has 0 saturated carbocycles. The largest absolute Gasteiger partial charge is 0.467 e. The van der Waals surface area contributed by atoms with Gasteiger partial charge in [-0.25, -0.2) is 4.79 Å². The van der Waals surface area contributed by atoms with Crippen LogP contribution in [0.2, 0.25) is 0 Å². The zero-order valence-corrected chi connectivity index (χ0v) is 9.47. The summed E-state index contributed by atoms with van der Waals surface area (Å²) >= 11 is 0. The Bertz CT molecular complexity index is 364. The molecular formula is C8H13N5O4. The van der Waals surface area contributed by atoms with Gasteiger partial charge in [-0.3, -0.25) is 0 Å². The molecule has 9 nitrogen and oxygen atoms in total. The lowest BCUT2D eigenvalue weighted by atomic mass is 10.7. The summed E-state index contributed by atoms with van der Waals surface area (Å²) in [5.41, 5.74) is 4.79. The predicted molar refractivity (Wildman–Crippen MR) is 57.0 cm³/mol. The van der Waals surface area contributed by atoms with Crippen LogP contribution in [0.1, 0.15) is 0 Å². The molecule has 0 bridgehead atoms. The number of carbonyl (C=O) groups is 1. The van der Waals surface area contributed by atoms with Crippen LogP contribution in [0.25, 0.3) is 0 Å². The van der Waals surface area contributed by atoms with Crippen molar-refractivity contribution in [3.05, 3.63) is 0 Å². The number of hydrogen-bond donors (Lipinski definition) is 2. The van der Waals surface area contributed by atoms with Crippen molar-refractivity contribution in [3.8, 4) is 12.0 Å². The van der Waals surface area contributed by atoms with Crippen LogP contribution in [0.15, 0.2) is 0 Å². The summed E-state index contributed by atoms with van der Waals surface area (Å²) in [5.74, 6) is 0.252. The van der Waals surface area contributed by atoms with E-state index < -0.39 is 6.09 Å². The Morgan fingerprint density at radius 1 is 1.24 bits per heavy atom. The van der Waals surface area contributed by atoms with E-state index in [0.717, 1.165) is 0 Å². The molecule has 0 saturated heterocycles. The molecule has 1 rings (SSSR count). The Labute approximate surface area is 97.3 Å². The first kappa shape index (κ1) is 12.7. The lowest BCUT2D eigenvalue weighted by molar-refractivity contribution is 0.161. The van der Waals surface area contributed by atoms with Crippen molar-refractivity contribution in [1.29, 1.82) is 0 Å². The van der Waals surface area contributed by atoms with Crippen LogP contribution < -0.4 is 20.5 Å². The van der Waals surface area contributed by atoms with Gasteiger partial charge in [-0.15, -0.1) is 4.98 Å². The fraction of sp³-hybridized carbons (Fsp3) is 0.500. The van der Waals surface area contributed by atoms with Gasteiger partial charge in [0.15, 0.2) is 0 Å². The van der Waals surface area contributed by atoms with Crippen LogP contribution in [-0.2, 0) is 4.74 Å². The first-order valence-electron chi connectivity index (χ1n) is 4.66. The third-order valence-electron chi connectivity index (χ3n) is 1.59. The molecule has 0 fully saturated rings. The molecule has 1 heterocycles. The lowest BCUT2D eigenvalue weighted by Crippen LogP contribution is -2.19. The second-order valence-electron chi connectivity index (χ2n) is 2.73. The fourth-order valence-corrected chi connectivity index (χ4v) is 0.914. The van der Waals surface area contributed by atoms with Crippen molar-refractivity contribution in [1.82, 2.24) is 15.0 Å². The zero-order chi connectivity index (χ0) is 12.7. The minimum atomic E-state index is -0.836. The molecule has 0 radical (unpaired) electrons. The molecular weight excluding hydrogens is 230 g/mol. The van der Waals surface area contributed by atoms with Gasteiger partial charge in [0.05, 0.1) is 20.8 Å². The first-order chi connectivity index (χ1) is 8.15. The molecule has 0 aliphatic rings. The number of rotatable bonds is 6. The van der Waals surface area contributed by atoms with E-state index in [9.17, 15) is 4.79 Å². The summed E-state index contributed by atoms with van der Waals surface area (Å²) in [6.45, 7) is 0.408. The molecule has 1 amide bonds. The zero-order valence-electron chi connectivity index (χ0n) is 9.47. The fourth-order valence-electron chi connectivity index (χ4n) is 0.914. The molecule has 0 atom stereocenters. The van der Waals surface area contributed by atoms with Gasteiger partial charge in [0, 0.05) is 0 Å². The highest BCUT2D eigenvalue weighted by atomic mass is 16.5. The van der Waals surface area contributed by atoms with Gasteiger partial charge >= 0.3 is 18.1 Å². The molecule has 0 aliphatic heterocycles. The maximum Gasteiger partial charge on any atom is 0.404 e. The monoisotopic (exact) mass is 243 g/mol. The molecule has 3 N–H and O–H groups in total. The first-order valence-corrected chi connectivity index (χ1v) is 4.66. The maximum absolute atomic E-state index is 10.3. The normalized spacial score (nSPS) is 9.53. The van der Waals surface area contributed by atoms with Crippen molar-refractivity contribution >= 4 is 12.0 Å². The molecule has 0 aliphatic carbocycles. The second kappa shape index (κ2) is 6.30. The van der Waals surface area contributed by atoms with Gasteiger partial charge in [0.2, 0.25) is 5.95 Å². The highest BCUT2D eigenvalue weighted by molar-refractivity contribution is 5.64. The minimum Gasteiger partial charge on any atom is -0.467 e. The average Bonchev–Trinajstić information content (AvgIpc) is 2.34. The van der Waals surface area contributed by atoms with E-state index in [4.69, 9.17) is 15.2 Å². The molecule has 94 valence electrons. The smallest absolute Gasteiger partial charge is 0.404 e.